The van der Waals surface area contributed by atoms with Gasteiger partial charge in [0.15, 0.2) is 0 Å². The largest absolute Gasteiger partial charge is 0.331 e. The van der Waals surface area contributed by atoms with Crippen molar-refractivity contribution in [3.63, 3.8) is 0 Å². The zero-order valence-corrected chi connectivity index (χ0v) is 20.2. The summed E-state index contributed by atoms with van der Waals surface area (Å²) in [5.41, 5.74) is 3.72. The normalized spacial score (nSPS) is 15.5. The highest BCUT2D eigenvalue weighted by Crippen LogP contribution is 2.36. The molecule has 2 aromatic rings. The first-order chi connectivity index (χ1) is 15.1. The number of aryl methyl sites for hydroxylation is 1. The Morgan fingerprint density at radius 1 is 0.968 bits per heavy atom. The first-order valence-electron chi connectivity index (χ1n) is 11.9. The highest BCUT2D eigenvalue weighted by molar-refractivity contribution is 6.42. The summed E-state index contributed by atoms with van der Waals surface area (Å²) in [6.07, 6.45) is 12.4. The van der Waals surface area contributed by atoms with E-state index < -0.39 is 0 Å². The minimum atomic E-state index is 0.136. The molecule has 0 aliphatic heterocycles. The van der Waals surface area contributed by atoms with Crippen molar-refractivity contribution in [2.75, 3.05) is 0 Å². The summed E-state index contributed by atoms with van der Waals surface area (Å²) in [7, 11) is 0. The summed E-state index contributed by atoms with van der Waals surface area (Å²) in [6.45, 7) is 2.82. The van der Waals surface area contributed by atoms with Gasteiger partial charge in [0.05, 0.1) is 16.1 Å². The van der Waals surface area contributed by atoms with Crippen LogP contribution in [0.25, 0.3) is 0 Å². The monoisotopic (exact) mass is 459 g/mol. The number of amides is 1. The fourth-order valence-corrected chi connectivity index (χ4v) is 4.96. The van der Waals surface area contributed by atoms with Crippen molar-refractivity contribution in [3.05, 3.63) is 69.2 Å². The number of hydrogen-bond acceptors (Lipinski definition) is 1. The van der Waals surface area contributed by atoms with Gasteiger partial charge in [0.1, 0.15) is 0 Å². The molecular weight excluding hydrogens is 425 g/mol. The lowest BCUT2D eigenvalue weighted by atomic mass is 9.86. The predicted octanol–water partition coefficient (Wildman–Crippen LogP) is 8.54. The number of carbonyl (C=O) groups excluding carboxylic acids is 1. The molecule has 3 rings (SSSR count). The van der Waals surface area contributed by atoms with Gasteiger partial charge in [-0.05, 0) is 54.5 Å². The average molecular weight is 460 g/mol. The Kier molecular flexibility index (Phi) is 9.74. The van der Waals surface area contributed by atoms with Crippen LogP contribution in [0.3, 0.4) is 0 Å². The molecule has 1 aliphatic carbocycles. The fraction of sp³-hybridized carbons (Fsp3) is 0.519. The highest BCUT2D eigenvalue weighted by atomic mass is 35.5. The van der Waals surface area contributed by atoms with Crippen molar-refractivity contribution in [3.8, 4) is 0 Å². The Morgan fingerprint density at radius 3 is 2.48 bits per heavy atom. The van der Waals surface area contributed by atoms with Crippen LogP contribution in [0.5, 0.6) is 0 Å². The molecule has 0 spiro atoms. The van der Waals surface area contributed by atoms with Gasteiger partial charge in [0, 0.05) is 13.0 Å². The maximum Gasteiger partial charge on any atom is 0.223 e. The third-order valence-electron chi connectivity index (χ3n) is 6.37. The zero-order valence-electron chi connectivity index (χ0n) is 18.7. The van der Waals surface area contributed by atoms with E-state index in [0.29, 0.717) is 23.0 Å². The second-order valence-corrected chi connectivity index (χ2v) is 9.56. The summed E-state index contributed by atoms with van der Waals surface area (Å²) in [6, 6.07) is 14.4. The molecule has 31 heavy (non-hydrogen) atoms. The predicted molar refractivity (Wildman–Crippen MR) is 132 cm³/mol. The van der Waals surface area contributed by atoms with Gasteiger partial charge in [-0.25, -0.2) is 0 Å². The van der Waals surface area contributed by atoms with Crippen LogP contribution >= 0.6 is 23.2 Å². The molecule has 0 heterocycles. The first-order valence-corrected chi connectivity index (χ1v) is 12.7. The molecule has 0 bridgehead atoms. The van der Waals surface area contributed by atoms with E-state index in [9.17, 15) is 4.79 Å². The van der Waals surface area contributed by atoms with Crippen LogP contribution < -0.4 is 0 Å². The SMILES string of the molecule is CCCCCCCCCC(=O)N(Cc1ccc(Cl)c(Cl)c1)C1CCCc2ccccc21. The Bertz CT molecular complexity index is 851. The van der Waals surface area contributed by atoms with Gasteiger partial charge in [-0.2, -0.15) is 0 Å². The van der Waals surface area contributed by atoms with Crippen LogP contribution in [-0.4, -0.2) is 10.8 Å². The Labute approximate surface area is 197 Å². The van der Waals surface area contributed by atoms with E-state index >= 15 is 0 Å². The molecule has 0 saturated heterocycles. The summed E-state index contributed by atoms with van der Waals surface area (Å²) < 4.78 is 0. The topological polar surface area (TPSA) is 20.3 Å². The van der Waals surface area contributed by atoms with Crippen LogP contribution in [0.1, 0.15) is 93.9 Å². The molecule has 0 N–H and O–H groups in total. The van der Waals surface area contributed by atoms with E-state index in [0.717, 1.165) is 37.7 Å². The maximum absolute atomic E-state index is 13.4. The van der Waals surface area contributed by atoms with E-state index in [1.165, 1.54) is 43.2 Å². The van der Waals surface area contributed by atoms with Crippen LogP contribution in [0, 0.1) is 0 Å². The van der Waals surface area contributed by atoms with E-state index in [1.54, 1.807) is 0 Å². The molecule has 0 radical (unpaired) electrons. The molecular formula is C27H35Cl2NO. The molecule has 0 fully saturated rings. The number of benzene rings is 2. The van der Waals surface area contributed by atoms with Crippen molar-refractivity contribution in [1.82, 2.24) is 4.90 Å². The van der Waals surface area contributed by atoms with Crippen LogP contribution in [-0.2, 0) is 17.8 Å². The quantitative estimate of drug-likeness (QED) is 0.308. The van der Waals surface area contributed by atoms with Crippen molar-refractivity contribution < 1.29 is 4.79 Å². The second kappa shape index (κ2) is 12.5. The lowest BCUT2D eigenvalue weighted by Gasteiger charge is -2.36. The smallest absolute Gasteiger partial charge is 0.223 e. The van der Waals surface area contributed by atoms with Crippen LogP contribution in [0.15, 0.2) is 42.5 Å². The molecule has 0 saturated carbocycles. The van der Waals surface area contributed by atoms with Crippen LogP contribution in [0.2, 0.25) is 10.0 Å². The third-order valence-corrected chi connectivity index (χ3v) is 7.10. The van der Waals surface area contributed by atoms with Gasteiger partial charge < -0.3 is 4.90 Å². The first kappa shape index (κ1) is 24.1. The zero-order chi connectivity index (χ0) is 22.1. The van der Waals surface area contributed by atoms with E-state index in [2.05, 4.69) is 36.1 Å². The maximum atomic E-state index is 13.4. The molecule has 168 valence electrons. The van der Waals surface area contributed by atoms with E-state index in [-0.39, 0.29) is 11.9 Å². The summed E-state index contributed by atoms with van der Waals surface area (Å²) in [4.78, 5) is 15.5. The minimum absolute atomic E-state index is 0.136. The molecule has 1 unspecified atom stereocenters. The van der Waals surface area contributed by atoms with Crippen molar-refractivity contribution in [2.24, 2.45) is 0 Å². The van der Waals surface area contributed by atoms with E-state index in [1.807, 2.05) is 18.2 Å². The van der Waals surface area contributed by atoms with Crippen molar-refractivity contribution >= 4 is 29.1 Å². The van der Waals surface area contributed by atoms with Gasteiger partial charge in [0.2, 0.25) is 5.91 Å². The fourth-order valence-electron chi connectivity index (χ4n) is 4.64. The summed E-state index contributed by atoms with van der Waals surface area (Å²) in [5, 5.41) is 1.09. The lowest BCUT2D eigenvalue weighted by Crippen LogP contribution is -2.36. The molecule has 2 nitrogen and oxygen atoms in total. The molecule has 1 atom stereocenters. The highest BCUT2D eigenvalue weighted by Gasteiger charge is 2.29. The number of unbranched alkanes of at least 4 members (excludes halogenated alkanes) is 6. The van der Waals surface area contributed by atoms with Gasteiger partial charge in [-0.1, -0.05) is 99.0 Å². The number of nitrogens with zero attached hydrogens (tertiary/aromatic N) is 1. The third kappa shape index (κ3) is 6.99. The number of rotatable bonds is 11. The molecule has 2 aromatic carbocycles. The average Bonchev–Trinajstić information content (AvgIpc) is 2.78. The molecule has 4 heteroatoms. The van der Waals surface area contributed by atoms with Crippen molar-refractivity contribution in [1.29, 1.82) is 0 Å². The number of carbonyl (C=O) groups is 1. The standard InChI is InChI=1S/C27H35Cl2NO/c1-2-3-4-5-6-7-8-16-27(31)30(20-21-17-18-24(28)25(29)19-21)26-15-11-13-22-12-9-10-14-23(22)26/h9-10,12,14,17-19,26H,2-8,11,13,15-16,20H2,1H3. The number of hydrogen-bond donors (Lipinski definition) is 0. The Hall–Kier alpha value is -1.51. The van der Waals surface area contributed by atoms with Gasteiger partial charge in [-0.3, -0.25) is 4.79 Å². The van der Waals surface area contributed by atoms with Gasteiger partial charge in [-0.15, -0.1) is 0 Å². The summed E-state index contributed by atoms with van der Waals surface area (Å²) in [5.74, 6) is 0.251. The molecule has 1 aliphatic rings. The minimum Gasteiger partial charge on any atom is -0.331 e. The number of fused-ring (bicyclic) bond motifs is 1. The van der Waals surface area contributed by atoms with Gasteiger partial charge >= 0.3 is 0 Å². The molecule has 0 aromatic heterocycles. The van der Waals surface area contributed by atoms with E-state index in [4.69, 9.17) is 23.2 Å². The lowest BCUT2D eigenvalue weighted by molar-refractivity contribution is -0.135. The second-order valence-electron chi connectivity index (χ2n) is 8.75. The van der Waals surface area contributed by atoms with Crippen molar-refractivity contribution in [2.45, 2.75) is 90.1 Å². The van der Waals surface area contributed by atoms with Crippen LogP contribution in [0.4, 0.5) is 0 Å². The van der Waals surface area contributed by atoms with Gasteiger partial charge in [0.25, 0.3) is 0 Å². The Morgan fingerprint density at radius 2 is 1.71 bits per heavy atom. The number of halogens is 2. The molecule has 1 amide bonds. The summed E-state index contributed by atoms with van der Waals surface area (Å²) >= 11 is 12.4. The Balaban J connectivity index is 1.70.